The highest BCUT2D eigenvalue weighted by atomic mass is 15.2. The zero-order chi connectivity index (χ0) is 8.93. The van der Waals surface area contributed by atoms with E-state index in [2.05, 4.69) is 22.4 Å². The van der Waals surface area contributed by atoms with Gasteiger partial charge in [-0.2, -0.15) is 0 Å². The molecule has 2 heteroatoms. The predicted molar refractivity (Wildman–Crippen MR) is 55.8 cm³/mol. The van der Waals surface area contributed by atoms with Gasteiger partial charge < -0.3 is 10.2 Å². The third-order valence-electron chi connectivity index (χ3n) is 3.06. The Kier molecular flexibility index (Phi) is 3.39. The highest BCUT2D eigenvalue weighted by Crippen LogP contribution is 2.18. The second-order valence-electron chi connectivity index (χ2n) is 4.17. The Labute approximate surface area is 81.0 Å². The molecule has 2 nitrogen and oxygen atoms in total. The van der Waals surface area contributed by atoms with E-state index in [-0.39, 0.29) is 0 Å². The van der Waals surface area contributed by atoms with E-state index < -0.39 is 0 Å². The summed E-state index contributed by atoms with van der Waals surface area (Å²) in [6, 6.07) is 0. The van der Waals surface area contributed by atoms with Gasteiger partial charge in [0.1, 0.15) is 0 Å². The average molecular weight is 180 g/mol. The summed E-state index contributed by atoms with van der Waals surface area (Å²) in [5, 5.41) is 3.39. The summed E-state index contributed by atoms with van der Waals surface area (Å²) >= 11 is 0. The van der Waals surface area contributed by atoms with E-state index in [1.165, 1.54) is 52.0 Å². The van der Waals surface area contributed by atoms with Crippen molar-refractivity contribution in [1.82, 2.24) is 10.2 Å². The molecule has 1 unspecified atom stereocenters. The average Bonchev–Trinajstić information content (AvgIpc) is 2.21. The van der Waals surface area contributed by atoms with Crippen LogP contribution in [-0.4, -0.2) is 37.6 Å². The molecule has 1 aliphatic heterocycles. The molecule has 0 saturated carbocycles. The third kappa shape index (κ3) is 2.82. The number of nitrogens with one attached hydrogen (secondary N) is 1. The van der Waals surface area contributed by atoms with Gasteiger partial charge in [-0.05, 0) is 25.2 Å². The van der Waals surface area contributed by atoms with E-state index in [0.29, 0.717) is 0 Å². The molecular formula is C11H20N2. The Morgan fingerprint density at radius 2 is 2.15 bits per heavy atom. The molecule has 0 amide bonds. The predicted octanol–water partition coefficient (Wildman–Crippen LogP) is 1.25. The van der Waals surface area contributed by atoms with Crippen molar-refractivity contribution < 1.29 is 0 Å². The van der Waals surface area contributed by atoms with Gasteiger partial charge in [0.15, 0.2) is 0 Å². The Bertz CT molecular complexity index is 171. The van der Waals surface area contributed by atoms with Crippen molar-refractivity contribution in [1.29, 1.82) is 0 Å². The first kappa shape index (κ1) is 9.22. The highest BCUT2D eigenvalue weighted by Gasteiger charge is 2.15. The van der Waals surface area contributed by atoms with Crippen LogP contribution < -0.4 is 5.32 Å². The number of allylic oxidation sites excluding steroid dienone is 1. The fourth-order valence-electron chi connectivity index (χ4n) is 2.26. The highest BCUT2D eigenvalue weighted by molar-refractivity contribution is 4.94. The topological polar surface area (TPSA) is 15.3 Å². The van der Waals surface area contributed by atoms with Gasteiger partial charge in [-0.25, -0.2) is 0 Å². The molecule has 0 spiro atoms. The van der Waals surface area contributed by atoms with Crippen LogP contribution in [0, 0.1) is 5.92 Å². The molecule has 0 aromatic rings. The van der Waals surface area contributed by atoms with Crippen molar-refractivity contribution in [2.45, 2.75) is 19.3 Å². The van der Waals surface area contributed by atoms with E-state index in [9.17, 15) is 0 Å². The molecule has 74 valence electrons. The van der Waals surface area contributed by atoms with Gasteiger partial charge in [0.2, 0.25) is 0 Å². The van der Waals surface area contributed by atoms with Crippen molar-refractivity contribution >= 4 is 0 Å². The van der Waals surface area contributed by atoms with Crippen LogP contribution in [0.15, 0.2) is 12.2 Å². The summed E-state index contributed by atoms with van der Waals surface area (Å²) in [5.41, 5.74) is 0. The second kappa shape index (κ2) is 4.77. The van der Waals surface area contributed by atoms with Gasteiger partial charge in [0, 0.05) is 32.7 Å². The van der Waals surface area contributed by atoms with Gasteiger partial charge in [-0.15, -0.1) is 0 Å². The monoisotopic (exact) mass is 180 g/mol. The van der Waals surface area contributed by atoms with Crippen LogP contribution in [0.4, 0.5) is 0 Å². The zero-order valence-electron chi connectivity index (χ0n) is 8.34. The molecule has 13 heavy (non-hydrogen) atoms. The molecule has 0 bridgehead atoms. The van der Waals surface area contributed by atoms with E-state index in [4.69, 9.17) is 0 Å². The lowest BCUT2D eigenvalue weighted by atomic mass is 9.95. The minimum atomic E-state index is 0.840. The zero-order valence-corrected chi connectivity index (χ0v) is 8.34. The number of hydrogen-bond donors (Lipinski definition) is 1. The van der Waals surface area contributed by atoms with E-state index in [1.807, 2.05) is 0 Å². The summed E-state index contributed by atoms with van der Waals surface area (Å²) in [6.07, 6.45) is 8.88. The van der Waals surface area contributed by atoms with Crippen LogP contribution in [0.3, 0.4) is 0 Å². The van der Waals surface area contributed by atoms with Crippen molar-refractivity contribution in [3.05, 3.63) is 12.2 Å². The molecule has 2 rings (SSSR count). The van der Waals surface area contributed by atoms with Crippen LogP contribution in [0.25, 0.3) is 0 Å². The fraction of sp³-hybridized carbons (Fsp3) is 0.818. The maximum Gasteiger partial charge on any atom is 0.0108 e. The van der Waals surface area contributed by atoms with Crippen LogP contribution >= 0.6 is 0 Å². The van der Waals surface area contributed by atoms with E-state index >= 15 is 0 Å². The van der Waals surface area contributed by atoms with Crippen molar-refractivity contribution in [2.75, 3.05) is 32.7 Å². The molecule has 1 N–H and O–H groups in total. The molecule has 1 heterocycles. The quantitative estimate of drug-likeness (QED) is 0.643. The number of hydrogen-bond acceptors (Lipinski definition) is 2. The van der Waals surface area contributed by atoms with Crippen molar-refractivity contribution in [2.24, 2.45) is 5.92 Å². The minimum absolute atomic E-state index is 0.840. The third-order valence-corrected chi connectivity index (χ3v) is 3.06. The maximum absolute atomic E-state index is 3.39. The smallest absolute Gasteiger partial charge is 0.0108 e. The normalized spacial score (nSPS) is 30.6. The van der Waals surface area contributed by atoms with Gasteiger partial charge >= 0.3 is 0 Å². The first-order chi connectivity index (χ1) is 6.45. The van der Waals surface area contributed by atoms with Gasteiger partial charge in [-0.1, -0.05) is 12.2 Å². The molecule has 1 saturated heterocycles. The molecular weight excluding hydrogens is 160 g/mol. The molecule has 0 aromatic carbocycles. The first-order valence-corrected chi connectivity index (χ1v) is 5.55. The summed E-state index contributed by atoms with van der Waals surface area (Å²) in [4.78, 5) is 2.59. The molecule has 2 aliphatic rings. The molecule has 1 fully saturated rings. The van der Waals surface area contributed by atoms with Crippen LogP contribution in [-0.2, 0) is 0 Å². The van der Waals surface area contributed by atoms with E-state index in [1.54, 1.807) is 0 Å². The molecule has 1 aliphatic carbocycles. The Morgan fingerprint density at radius 3 is 2.85 bits per heavy atom. The van der Waals surface area contributed by atoms with Crippen molar-refractivity contribution in [3.8, 4) is 0 Å². The summed E-state index contributed by atoms with van der Waals surface area (Å²) < 4.78 is 0. The summed E-state index contributed by atoms with van der Waals surface area (Å²) in [7, 11) is 0. The van der Waals surface area contributed by atoms with Crippen LogP contribution in [0.2, 0.25) is 0 Å². The second-order valence-corrected chi connectivity index (χ2v) is 4.17. The summed E-state index contributed by atoms with van der Waals surface area (Å²) in [5.74, 6) is 0.840. The Balaban J connectivity index is 1.75. The van der Waals surface area contributed by atoms with Crippen LogP contribution in [0.5, 0.6) is 0 Å². The van der Waals surface area contributed by atoms with Crippen LogP contribution in [0.1, 0.15) is 19.3 Å². The van der Waals surface area contributed by atoms with E-state index in [0.717, 1.165) is 5.92 Å². The lowest BCUT2D eigenvalue weighted by Crippen LogP contribution is -2.45. The van der Waals surface area contributed by atoms with Gasteiger partial charge in [0.05, 0.1) is 0 Å². The number of piperazine rings is 1. The largest absolute Gasteiger partial charge is 0.314 e. The standard InChI is InChI=1S/C11H20N2/c1-2-4-11(5-3-1)10-13-8-6-12-7-9-13/h2,4,11-12H,1,3,5-10H2. The first-order valence-electron chi connectivity index (χ1n) is 5.55. The number of rotatable bonds is 2. The lowest BCUT2D eigenvalue weighted by Gasteiger charge is -2.30. The van der Waals surface area contributed by atoms with Gasteiger partial charge in [0.25, 0.3) is 0 Å². The molecule has 0 radical (unpaired) electrons. The van der Waals surface area contributed by atoms with Crippen molar-refractivity contribution in [3.63, 3.8) is 0 Å². The Hall–Kier alpha value is -0.340. The molecule has 0 aromatic heterocycles. The molecule has 1 atom stereocenters. The van der Waals surface area contributed by atoms with Gasteiger partial charge in [-0.3, -0.25) is 0 Å². The fourth-order valence-corrected chi connectivity index (χ4v) is 2.26. The maximum atomic E-state index is 3.39. The summed E-state index contributed by atoms with van der Waals surface area (Å²) in [6.45, 7) is 6.12. The Morgan fingerprint density at radius 1 is 1.31 bits per heavy atom. The minimum Gasteiger partial charge on any atom is -0.314 e. The number of nitrogens with zero attached hydrogens (tertiary/aromatic N) is 1. The lowest BCUT2D eigenvalue weighted by molar-refractivity contribution is 0.213. The SMILES string of the molecule is C1=CC(CN2CCNCC2)CCC1.